The van der Waals surface area contributed by atoms with Crippen molar-refractivity contribution < 1.29 is 39.8 Å². The lowest BCUT2D eigenvalue weighted by atomic mass is 9.99. The van der Waals surface area contributed by atoms with Crippen molar-refractivity contribution in [3.05, 3.63) is 24.3 Å². The van der Waals surface area contributed by atoms with E-state index in [1.165, 1.54) is 180 Å². The predicted octanol–water partition coefficient (Wildman–Crippen LogP) is 12.2. The molecule has 1 amide bonds. The van der Waals surface area contributed by atoms with Crippen LogP contribution >= 0.6 is 0 Å². The topological polar surface area (TPSA) is 149 Å². The molecule has 0 spiro atoms. The summed E-state index contributed by atoms with van der Waals surface area (Å²) in [5, 5.41) is 54.5. The minimum Gasteiger partial charge on any atom is -0.394 e. The maximum Gasteiger partial charge on any atom is 0.220 e. The lowest BCUT2D eigenvalue weighted by Gasteiger charge is -2.40. The van der Waals surface area contributed by atoms with E-state index in [-0.39, 0.29) is 12.5 Å². The van der Waals surface area contributed by atoms with E-state index < -0.39 is 49.5 Å². The number of ether oxygens (including phenoxy) is 2. The number of hydrogen-bond acceptors (Lipinski definition) is 8. The van der Waals surface area contributed by atoms with Crippen LogP contribution in [0.3, 0.4) is 0 Å². The molecule has 0 aliphatic carbocycles. The molecule has 9 heteroatoms. The number of unbranched alkanes of at least 4 members (excludes halogenated alkanes) is 31. The normalized spacial score (nSPS) is 20.4. The highest BCUT2D eigenvalue weighted by atomic mass is 16.7. The number of amides is 1. The fraction of sp³-hybridized carbons (Fsp3) is 0.906. The molecular weight excluding hydrogens is 779 g/mol. The van der Waals surface area contributed by atoms with E-state index in [9.17, 15) is 30.3 Å². The van der Waals surface area contributed by atoms with Gasteiger partial charge in [0.25, 0.3) is 0 Å². The van der Waals surface area contributed by atoms with E-state index in [1.807, 2.05) is 0 Å². The van der Waals surface area contributed by atoms with Crippen LogP contribution in [-0.4, -0.2) is 87.5 Å². The van der Waals surface area contributed by atoms with Crippen molar-refractivity contribution >= 4 is 5.91 Å². The molecule has 7 atom stereocenters. The highest BCUT2D eigenvalue weighted by molar-refractivity contribution is 5.76. The molecule has 366 valence electrons. The Hall–Kier alpha value is -1.33. The fourth-order valence-electron chi connectivity index (χ4n) is 8.50. The van der Waals surface area contributed by atoms with Crippen molar-refractivity contribution in [1.29, 1.82) is 0 Å². The number of carbonyl (C=O) groups excluding carboxylic acids is 1. The van der Waals surface area contributed by atoms with Gasteiger partial charge >= 0.3 is 0 Å². The minimum absolute atomic E-state index is 0.147. The number of carbonyl (C=O) groups is 1. The van der Waals surface area contributed by atoms with E-state index in [1.54, 1.807) is 0 Å². The molecule has 1 fully saturated rings. The van der Waals surface area contributed by atoms with Crippen molar-refractivity contribution in [3.63, 3.8) is 0 Å². The molecule has 0 radical (unpaired) electrons. The van der Waals surface area contributed by atoms with Gasteiger partial charge in [-0.1, -0.05) is 205 Å². The molecule has 1 aliphatic heterocycles. The zero-order valence-electron chi connectivity index (χ0n) is 40.4. The summed E-state index contributed by atoms with van der Waals surface area (Å²) in [5.74, 6) is -0.152. The van der Waals surface area contributed by atoms with Crippen molar-refractivity contribution in [2.24, 2.45) is 0 Å². The Labute approximate surface area is 381 Å². The summed E-state index contributed by atoms with van der Waals surface area (Å²) >= 11 is 0. The lowest BCUT2D eigenvalue weighted by molar-refractivity contribution is -0.302. The van der Waals surface area contributed by atoms with Crippen molar-refractivity contribution in [3.8, 4) is 0 Å². The Balaban J connectivity index is 2.24. The predicted molar refractivity (Wildman–Crippen MR) is 258 cm³/mol. The SMILES string of the molecule is CCCCCCCC/C=C/CCCCCCCCCCCCCCCC(=O)N[C@@H](CO[C@H]1O[C@@H](CO)[C@H](O)C(O)C1O)[C@H](O)CCCC/C=C/CCCCCCCCCCCC. The van der Waals surface area contributed by atoms with E-state index >= 15 is 0 Å². The van der Waals surface area contributed by atoms with Gasteiger partial charge in [-0.25, -0.2) is 0 Å². The quantitative estimate of drug-likeness (QED) is 0.0262. The van der Waals surface area contributed by atoms with Crippen molar-refractivity contribution in [1.82, 2.24) is 5.32 Å². The summed E-state index contributed by atoms with van der Waals surface area (Å²) < 4.78 is 11.3. The second-order valence-electron chi connectivity index (χ2n) is 18.7. The molecule has 1 heterocycles. The van der Waals surface area contributed by atoms with Crippen molar-refractivity contribution in [2.75, 3.05) is 13.2 Å². The van der Waals surface area contributed by atoms with Gasteiger partial charge < -0.3 is 40.3 Å². The second kappa shape index (κ2) is 43.6. The third kappa shape index (κ3) is 33.2. The Kier molecular flexibility index (Phi) is 41.2. The van der Waals surface area contributed by atoms with E-state index in [4.69, 9.17) is 9.47 Å². The minimum atomic E-state index is -1.56. The molecule has 1 rings (SSSR count). The van der Waals surface area contributed by atoms with E-state index in [0.717, 1.165) is 44.9 Å². The van der Waals surface area contributed by atoms with Gasteiger partial charge in [-0.05, 0) is 64.2 Å². The Morgan fingerprint density at radius 2 is 0.903 bits per heavy atom. The Morgan fingerprint density at radius 1 is 0.532 bits per heavy atom. The summed E-state index contributed by atoms with van der Waals surface area (Å²) in [6.07, 6.45) is 46.2. The summed E-state index contributed by atoms with van der Waals surface area (Å²) in [6, 6.07) is -0.733. The second-order valence-corrected chi connectivity index (χ2v) is 18.7. The molecule has 0 saturated carbocycles. The van der Waals surface area contributed by atoms with Crippen LogP contribution in [0.1, 0.15) is 251 Å². The number of hydrogen-bond donors (Lipinski definition) is 6. The first-order chi connectivity index (χ1) is 30.3. The Bertz CT molecular complexity index is 1020. The Morgan fingerprint density at radius 3 is 1.31 bits per heavy atom. The van der Waals surface area contributed by atoms with Gasteiger partial charge in [-0.2, -0.15) is 0 Å². The smallest absolute Gasteiger partial charge is 0.220 e. The number of nitrogens with one attached hydrogen (secondary N) is 1. The lowest BCUT2D eigenvalue weighted by Crippen LogP contribution is -2.60. The number of rotatable bonds is 45. The third-order valence-corrected chi connectivity index (χ3v) is 12.8. The summed E-state index contributed by atoms with van der Waals surface area (Å²) in [5.41, 5.74) is 0. The first-order valence-electron chi connectivity index (χ1n) is 26.5. The van der Waals surface area contributed by atoms with Crippen LogP contribution in [0.15, 0.2) is 24.3 Å². The summed E-state index contributed by atoms with van der Waals surface area (Å²) in [7, 11) is 0. The van der Waals surface area contributed by atoms with Crippen LogP contribution in [0.2, 0.25) is 0 Å². The number of aliphatic hydroxyl groups excluding tert-OH is 5. The first kappa shape index (κ1) is 58.7. The molecule has 6 N–H and O–H groups in total. The maximum absolute atomic E-state index is 13.0. The van der Waals surface area contributed by atoms with Gasteiger partial charge in [-0.3, -0.25) is 4.79 Å². The molecule has 1 aliphatic rings. The molecule has 0 bridgehead atoms. The third-order valence-electron chi connectivity index (χ3n) is 12.8. The van der Waals surface area contributed by atoms with Gasteiger partial charge in [0.2, 0.25) is 5.91 Å². The van der Waals surface area contributed by atoms with Crippen LogP contribution in [0.4, 0.5) is 0 Å². The molecule has 2 unspecified atom stereocenters. The highest BCUT2D eigenvalue weighted by Crippen LogP contribution is 2.23. The molecular formula is C53H101NO8. The van der Waals surface area contributed by atoms with E-state index in [2.05, 4.69) is 43.5 Å². The van der Waals surface area contributed by atoms with Gasteiger partial charge in [0.1, 0.15) is 24.4 Å². The van der Waals surface area contributed by atoms with Crippen molar-refractivity contribution in [2.45, 2.75) is 294 Å². The molecule has 1 saturated heterocycles. The molecule has 62 heavy (non-hydrogen) atoms. The first-order valence-corrected chi connectivity index (χ1v) is 26.5. The number of allylic oxidation sites excluding steroid dienone is 4. The van der Waals surface area contributed by atoms with Crippen LogP contribution < -0.4 is 5.32 Å². The highest BCUT2D eigenvalue weighted by Gasteiger charge is 2.44. The molecule has 0 aromatic carbocycles. The standard InChI is InChI=1S/C53H101NO8/c1-3-5-7-9-11-13-15-17-19-21-22-23-24-25-26-27-29-31-33-35-37-39-41-43-49(57)54-46(45-61-53-52(60)51(59)50(58)48(44-55)62-53)47(56)42-40-38-36-34-32-30-28-20-18-16-14-12-10-8-6-4-2/h17,19,32,34,46-48,50-53,55-56,58-60H,3-16,18,20-31,33,35-45H2,1-2H3,(H,54,57)/b19-17+,34-32+/t46-,47+,48-,50-,51?,52?,53-/m0/s1. The van der Waals surface area contributed by atoms with Crippen LogP contribution in [-0.2, 0) is 14.3 Å². The van der Waals surface area contributed by atoms with Crippen LogP contribution in [0.5, 0.6) is 0 Å². The van der Waals surface area contributed by atoms with Crippen LogP contribution in [0.25, 0.3) is 0 Å². The summed E-state index contributed by atoms with van der Waals surface area (Å²) in [4.78, 5) is 13.0. The largest absolute Gasteiger partial charge is 0.394 e. The summed E-state index contributed by atoms with van der Waals surface area (Å²) in [6.45, 7) is 3.83. The average Bonchev–Trinajstić information content (AvgIpc) is 3.27. The zero-order valence-corrected chi connectivity index (χ0v) is 40.4. The monoisotopic (exact) mass is 880 g/mol. The zero-order chi connectivity index (χ0) is 45.1. The average molecular weight is 880 g/mol. The van der Waals surface area contributed by atoms with Gasteiger partial charge in [-0.15, -0.1) is 0 Å². The maximum atomic E-state index is 13.0. The molecule has 9 nitrogen and oxygen atoms in total. The molecule has 0 aromatic heterocycles. The van der Waals surface area contributed by atoms with Crippen LogP contribution in [0, 0.1) is 0 Å². The molecule has 0 aromatic rings. The van der Waals surface area contributed by atoms with Gasteiger partial charge in [0, 0.05) is 6.42 Å². The number of aliphatic hydroxyl groups is 5. The fourth-order valence-corrected chi connectivity index (χ4v) is 8.50. The van der Waals surface area contributed by atoms with E-state index in [0.29, 0.717) is 12.8 Å². The van der Waals surface area contributed by atoms with Gasteiger partial charge in [0.15, 0.2) is 6.29 Å². The van der Waals surface area contributed by atoms with Gasteiger partial charge in [0.05, 0.1) is 25.4 Å².